The normalized spacial score (nSPS) is 10.5. The average molecular weight is 457 g/mol. The van der Waals surface area contributed by atoms with Crippen LogP contribution >= 0.6 is 23.1 Å². The van der Waals surface area contributed by atoms with Gasteiger partial charge >= 0.3 is 0 Å². The second-order valence-corrected chi connectivity index (χ2v) is 8.66. The minimum atomic E-state index is -0.310. The highest BCUT2D eigenvalue weighted by Crippen LogP contribution is 2.19. The Balaban J connectivity index is 1.33. The van der Waals surface area contributed by atoms with Gasteiger partial charge in [0, 0.05) is 18.0 Å². The van der Waals surface area contributed by atoms with Crippen molar-refractivity contribution in [2.45, 2.75) is 18.6 Å². The standard InChI is InChI=1S/C22H24N4O3S2/c1-29-18-11-9-17(10-12-18)24-21(28)22-26-25-20(31-22)15-30-14-19(27)23-13-5-8-16-6-3-2-4-7-16/h2-4,6-7,9-12H,5,8,13-15H2,1H3,(H,23,27)(H,24,28). The van der Waals surface area contributed by atoms with Crippen LogP contribution in [0.2, 0.25) is 0 Å². The van der Waals surface area contributed by atoms with Gasteiger partial charge in [0.2, 0.25) is 10.9 Å². The summed E-state index contributed by atoms with van der Waals surface area (Å²) in [6.07, 6.45) is 1.85. The fourth-order valence-corrected chi connectivity index (χ4v) is 4.35. The summed E-state index contributed by atoms with van der Waals surface area (Å²) >= 11 is 2.68. The van der Waals surface area contributed by atoms with Crippen LogP contribution in [-0.4, -0.2) is 41.4 Å². The van der Waals surface area contributed by atoms with Crippen LogP contribution in [0.25, 0.3) is 0 Å². The number of aromatic nitrogens is 2. The number of carbonyl (C=O) groups is 2. The number of hydrogen-bond acceptors (Lipinski definition) is 7. The van der Waals surface area contributed by atoms with Crippen LogP contribution in [0.15, 0.2) is 54.6 Å². The number of nitrogens with one attached hydrogen (secondary N) is 2. The van der Waals surface area contributed by atoms with Crippen LogP contribution in [0.5, 0.6) is 5.75 Å². The zero-order chi connectivity index (χ0) is 21.9. The SMILES string of the molecule is COc1ccc(NC(=O)c2nnc(CSCC(=O)NCCCc3ccccc3)s2)cc1. The van der Waals surface area contributed by atoms with E-state index in [1.54, 1.807) is 31.4 Å². The van der Waals surface area contributed by atoms with E-state index in [0.29, 0.717) is 34.5 Å². The van der Waals surface area contributed by atoms with E-state index in [2.05, 4.69) is 33.0 Å². The second-order valence-electron chi connectivity index (χ2n) is 6.62. The third-order valence-electron chi connectivity index (χ3n) is 4.27. The molecule has 3 aromatic rings. The van der Waals surface area contributed by atoms with E-state index in [9.17, 15) is 9.59 Å². The number of anilines is 1. The van der Waals surface area contributed by atoms with Crippen molar-refractivity contribution >= 4 is 40.6 Å². The molecule has 1 heterocycles. The molecule has 0 unspecified atom stereocenters. The van der Waals surface area contributed by atoms with Crippen molar-refractivity contribution in [2.75, 3.05) is 24.7 Å². The average Bonchev–Trinajstić information content (AvgIpc) is 3.27. The molecule has 1 aromatic heterocycles. The van der Waals surface area contributed by atoms with Gasteiger partial charge in [0.25, 0.3) is 5.91 Å². The molecule has 0 atom stereocenters. The highest BCUT2D eigenvalue weighted by molar-refractivity contribution is 7.99. The smallest absolute Gasteiger partial charge is 0.286 e. The Morgan fingerprint density at radius 3 is 2.58 bits per heavy atom. The maximum atomic E-state index is 12.3. The Bertz CT molecular complexity index is 978. The summed E-state index contributed by atoms with van der Waals surface area (Å²) in [4.78, 5) is 24.3. The van der Waals surface area contributed by atoms with Gasteiger partial charge in [0.05, 0.1) is 12.9 Å². The van der Waals surface area contributed by atoms with Gasteiger partial charge in [-0.15, -0.1) is 22.0 Å². The Labute approximate surface area is 189 Å². The predicted octanol–water partition coefficient (Wildman–Crippen LogP) is 3.78. The molecule has 2 amide bonds. The number of hydrogen-bond donors (Lipinski definition) is 2. The molecular formula is C22H24N4O3S2. The molecule has 0 aliphatic heterocycles. The summed E-state index contributed by atoms with van der Waals surface area (Å²) in [7, 11) is 1.59. The lowest BCUT2D eigenvalue weighted by atomic mass is 10.1. The molecule has 0 aliphatic rings. The van der Waals surface area contributed by atoms with Crippen molar-refractivity contribution < 1.29 is 14.3 Å². The van der Waals surface area contributed by atoms with Crippen LogP contribution in [0, 0.1) is 0 Å². The molecule has 9 heteroatoms. The third-order valence-corrected chi connectivity index (χ3v) is 6.32. The summed E-state index contributed by atoms with van der Waals surface area (Å²) < 4.78 is 5.10. The molecule has 7 nitrogen and oxygen atoms in total. The number of thioether (sulfide) groups is 1. The van der Waals surface area contributed by atoms with Gasteiger partial charge in [-0.25, -0.2) is 0 Å². The number of rotatable bonds is 11. The molecule has 0 spiro atoms. The number of carbonyl (C=O) groups excluding carboxylic acids is 2. The van der Waals surface area contributed by atoms with E-state index in [1.807, 2.05) is 18.2 Å². The molecule has 0 saturated carbocycles. The lowest BCUT2D eigenvalue weighted by molar-refractivity contribution is -0.118. The molecule has 31 heavy (non-hydrogen) atoms. The van der Waals surface area contributed by atoms with Crippen molar-refractivity contribution in [3.63, 3.8) is 0 Å². The summed E-state index contributed by atoms with van der Waals surface area (Å²) in [5, 5.41) is 14.7. The Morgan fingerprint density at radius 1 is 1.06 bits per heavy atom. The number of ether oxygens (including phenoxy) is 1. The lowest BCUT2D eigenvalue weighted by Gasteiger charge is -2.05. The van der Waals surface area contributed by atoms with E-state index >= 15 is 0 Å². The number of aryl methyl sites for hydroxylation is 1. The molecule has 162 valence electrons. The highest BCUT2D eigenvalue weighted by Gasteiger charge is 2.13. The van der Waals surface area contributed by atoms with E-state index in [1.165, 1.54) is 28.7 Å². The summed E-state index contributed by atoms with van der Waals surface area (Å²) in [5.74, 6) is 1.28. The van der Waals surface area contributed by atoms with Crippen LogP contribution < -0.4 is 15.4 Å². The van der Waals surface area contributed by atoms with Crippen molar-refractivity contribution in [2.24, 2.45) is 0 Å². The first-order chi connectivity index (χ1) is 15.1. The van der Waals surface area contributed by atoms with Crippen LogP contribution in [0.3, 0.4) is 0 Å². The van der Waals surface area contributed by atoms with E-state index in [0.717, 1.165) is 12.8 Å². The molecule has 0 aliphatic carbocycles. The second kappa shape index (κ2) is 12.1. The fourth-order valence-electron chi connectivity index (χ4n) is 2.71. The Hall–Kier alpha value is -2.91. The van der Waals surface area contributed by atoms with Crippen molar-refractivity contribution in [1.29, 1.82) is 0 Å². The largest absolute Gasteiger partial charge is 0.497 e. The first kappa shape index (κ1) is 22.8. The molecule has 0 radical (unpaired) electrons. The summed E-state index contributed by atoms with van der Waals surface area (Å²) in [5.41, 5.74) is 1.93. The van der Waals surface area contributed by atoms with Gasteiger partial charge < -0.3 is 15.4 Å². The Morgan fingerprint density at radius 2 is 1.84 bits per heavy atom. The monoisotopic (exact) mass is 456 g/mol. The maximum Gasteiger partial charge on any atom is 0.286 e. The van der Waals surface area contributed by atoms with Crippen molar-refractivity contribution in [3.05, 3.63) is 70.2 Å². The van der Waals surface area contributed by atoms with Gasteiger partial charge in [-0.2, -0.15) is 0 Å². The number of benzene rings is 2. The first-order valence-corrected chi connectivity index (χ1v) is 11.8. The first-order valence-electron chi connectivity index (χ1n) is 9.80. The molecule has 2 aromatic carbocycles. The molecule has 2 N–H and O–H groups in total. The van der Waals surface area contributed by atoms with E-state index in [4.69, 9.17) is 4.74 Å². The van der Waals surface area contributed by atoms with E-state index in [-0.39, 0.29) is 16.8 Å². The molecule has 3 rings (SSSR count). The maximum absolute atomic E-state index is 12.3. The number of nitrogens with zero attached hydrogens (tertiary/aromatic N) is 2. The molecule has 0 fully saturated rings. The Kier molecular flexibility index (Phi) is 8.86. The van der Waals surface area contributed by atoms with Gasteiger partial charge in [-0.3, -0.25) is 9.59 Å². The number of methoxy groups -OCH3 is 1. The van der Waals surface area contributed by atoms with Crippen molar-refractivity contribution in [3.8, 4) is 5.75 Å². The summed E-state index contributed by atoms with van der Waals surface area (Å²) in [6, 6.07) is 17.3. The quantitative estimate of drug-likeness (QED) is 0.427. The van der Waals surface area contributed by atoms with Crippen LogP contribution in [0.4, 0.5) is 5.69 Å². The van der Waals surface area contributed by atoms with Gasteiger partial charge in [-0.1, -0.05) is 41.7 Å². The summed E-state index contributed by atoms with van der Waals surface area (Å²) in [6.45, 7) is 0.656. The predicted molar refractivity (Wildman–Crippen MR) is 125 cm³/mol. The lowest BCUT2D eigenvalue weighted by Crippen LogP contribution is -2.26. The van der Waals surface area contributed by atoms with Gasteiger partial charge in [-0.05, 0) is 42.7 Å². The topological polar surface area (TPSA) is 93.2 Å². The van der Waals surface area contributed by atoms with Crippen LogP contribution in [0.1, 0.15) is 26.8 Å². The fraction of sp³-hybridized carbons (Fsp3) is 0.273. The molecule has 0 saturated heterocycles. The third kappa shape index (κ3) is 7.69. The molecule has 0 bridgehead atoms. The molecular weight excluding hydrogens is 432 g/mol. The number of amides is 2. The van der Waals surface area contributed by atoms with Gasteiger partial charge in [0.1, 0.15) is 10.8 Å². The van der Waals surface area contributed by atoms with Crippen LogP contribution in [-0.2, 0) is 17.0 Å². The minimum Gasteiger partial charge on any atom is -0.497 e. The van der Waals surface area contributed by atoms with E-state index < -0.39 is 0 Å². The zero-order valence-electron chi connectivity index (χ0n) is 17.2. The minimum absolute atomic E-state index is 0.0000456. The van der Waals surface area contributed by atoms with Crippen molar-refractivity contribution in [1.82, 2.24) is 15.5 Å². The zero-order valence-corrected chi connectivity index (χ0v) is 18.8. The highest BCUT2D eigenvalue weighted by atomic mass is 32.2. The van der Waals surface area contributed by atoms with Gasteiger partial charge in [0.15, 0.2) is 0 Å².